The van der Waals surface area contributed by atoms with Gasteiger partial charge in [-0.2, -0.15) is 0 Å². The topological polar surface area (TPSA) is 83.8 Å². The van der Waals surface area contributed by atoms with Crippen molar-refractivity contribution >= 4 is 11.9 Å². The predicted octanol–water partition coefficient (Wildman–Crippen LogP) is 1.91. The van der Waals surface area contributed by atoms with Crippen molar-refractivity contribution in [3.05, 3.63) is 24.3 Å². The van der Waals surface area contributed by atoms with Crippen LogP contribution < -0.4 is 0 Å². The first kappa shape index (κ1) is 16.4. The Labute approximate surface area is 118 Å². The van der Waals surface area contributed by atoms with Crippen LogP contribution in [-0.4, -0.2) is 34.4 Å². The number of cyclic esters (lactones) is 1. The van der Waals surface area contributed by atoms with Gasteiger partial charge in [0.2, 0.25) is 0 Å². The summed E-state index contributed by atoms with van der Waals surface area (Å²) in [6.07, 6.45) is -0.544. The minimum absolute atomic E-state index is 0.0153. The van der Waals surface area contributed by atoms with Crippen molar-refractivity contribution in [3.63, 3.8) is 0 Å². The second kappa shape index (κ2) is 6.70. The Balaban J connectivity index is 2.52. The number of aliphatic hydroxyl groups excluding tert-OH is 1. The molecule has 0 aliphatic carbocycles. The van der Waals surface area contributed by atoms with Gasteiger partial charge in [-0.05, 0) is 24.3 Å². The molecule has 5 nitrogen and oxygen atoms in total. The second-order valence-corrected chi connectivity index (χ2v) is 5.58. The largest absolute Gasteiger partial charge is 0.481 e. The third-order valence-corrected chi connectivity index (χ3v) is 3.66. The molecule has 1 saturated heterocycles. The summed E-state index contributed by atoms with van der Waals surface area (Å²) >= 11 is 0. The van der Waals surface area contributed by atoms with E-state index in [1.54, 1.807) is 0 Å². The van der Waals surface area contributed by atoms with E-state index < -0.39 is 30.1 Å². The number of hydrogen-bond donors (Lipinski definition) is 2. The van der Waals surface area contributed by atoms with Crippen LogP contribution in [0.1, 0.15) is 33.1 Å². The molecule has 0 amide bonds. The van der Waals surface area contributed by atoms with E-state index in [0.29, 0.717) is 24.0 Å². The number of carboxylic acids is 1. The van der Waals surface area contributed by atoms with Crippen molar-refractivity contribution in [1.29, 1.82) is 0 Å². The van der Waals surface area contributed by atoms with Crippen molar-refractivity contribution in [1.82, 2.24) is 0 Å². The third kappa shape index (κ3) is 3.93. The Bertz CT molecular complexity index is 408. The first-order valence-corrected chi connectivity index (χ1v) is 6.71. The van der Waals surface area contributed by atoms with Crippen LogP contribution in [0.25, 0.3) is 0 Å². The Morgan fingerprint density at radius 2 is 2.10 bits per heavy atom. The van der Waals surface area contributed by atoms with E-state index >= 15 is 0 Å². The lowest BCUT2D eigenvalue weighted by molar-refractivity contribution is -0.143. The summed E-state index contributed by atoms with van der Waals surface area (Å²) in [7, 11) is 0. The number of esters is 1. The van der Waals surface area contributed by atoms with Gasteiger partial charge in [-0.3, -0.25) is 4.79 Å². The van der Waals surface area contributed by atoms with Gasteiger partial charge in [0.15, 0.2) is 0 Å². The van der Waals surface area contributed by atoms with E-state index in [4.69, 9.17) is 9.84 Å². The van der Waals surface area contributed by atoms with Crippen molar-refractivity contribution in [2.24, 2.45) is 11.8 Å². The first-order chi connectivity index (χ1) is 9.23. The molecule has 112 valence electrons. The standard InChI is InChI=1S/C15H22O5/c1-8(2)11(14(17)18)6-5-9(3)13(16)12-7-10(4)15(19)20-12/h8,11-13,16H,3-7H2,1-2H3,(H,17,18)/t11-,12+,13+/m0/s1. The van der Waals surface area contributed by atoms with Crippen LogP contribution in [0.4, 0.5) is 0 Å². The third-order valence-electron chi connectivity index (χ3n) is 3.66. The predicted molar refractivity (Wildman–Crippen MR) is 74.0 cm³/mol. The molecule has 2 N–H and O–H groups in total. The van der Waals surface area contributed by atoms with Gasteiger partial charge < -0.3 is 14.9 Å². The van der Waals surface area contributed by atoms with Crippen molar-refractivity contribution in [3.8, 4) is 0 Å². The van der Waals surface area contributed by atoms with Gasteiger partial charge in [-0.15, -0.1) is 0 Å². The highest BCUT2D eigenvalue weighted by atomic mass is 16.6. The molecule has 1 fully saturated rings. The summed E-state index contributed by atoms with van der Waals surface area (Å²) in [5, 5.41) is 19.2. The summed E-state index contributed by atoms with van der Waals surface area (Å²) in [6, 6.07) is 0. The molecule has 1 aliphatic rings. The zero-order valence-corrected chi connectivity index (χ0v) is 12.0. The maximum atomic E-state index is 11.2. The Morgan fingerprint density at radius 1 is 1.50 bits per heavy atom. The van der Waals surface area contributed by atoms with E-state index in [0.717, 1.165) is 0 Å². The summed E-state index contributed by atoms with van der Waals surface area (Å²) in [5.74, 6) is -1.79. The van der Waals surface area contributed by atoms with Gasteiger partial charge in [0, 0.05) is 12.0 Å². The molecule has 3 atom stereocenters. The van der Waals surface area contributed by atoms with E-state index in [2.05, 4.69) is 13.2 Å². The molecule has 1 aliphatic heterocycles. The van der Waals surface area contributed by atoms with E-state index in [1.165, 1.54) is 0 Å². The quantitative estimate of drug-likeness (QED) is 0.423. The lowest BCUT2D eigenvalue weighted by Crippen LogP contribution is -2.28. The lowest BCUT2D eigenvalue weighted by Gasteiger charge is -2.21. The van der Waals surface area contributed by atoms with Crippen LogP contribution in [0.2, 0.25) is 0 Å². The maximum Gasteiger partial charge on any atom is 0.333 e. The number of aliphatic carboxylic acids is 1. The molecule has 5 heteroatoms. The molecule has 0 bridgehead atoms. The van der Waals surface area contributed by atoms with Gasteiger partial charge in [-0.25, -0.2) is 4.79 Å². The lowest BCUT2D eigenvalue weighted by atomic mass is 9.88. The van der Waals surface area contributed by atoms with Gasteiger partial charge in [-0.1, -0.05) is 27.0 Å². The molecular formula is C15H22O5. The summed E-state index contributed by atoms with van der Waals surface area (Å²) in [6.45, 7) is 11.0. The van der Waals surface area contributed by atoms with E-state index in [-0.39, 0.29) is 12.3 Å². The smallest absolute Gasteiger partial charge is 0.333 e. The number of aliphatic hydroxyl groups is 1. The van der Waals surface area contributed by atoms with Crippen molar-refractivity contribution in [2.45, 2.75) is 45.3 Å². The van der Waals surface area contributed by atoms with Gasteiger partial charge in [0.1, 0.15) is 12.2 Å². The average Bonchev–Trinajstić information content (AvgIpc) is 2.67. The molecule has 0 saturated carbocycles. The molecule has 0 radical (unpaired) electrons. The Hall–Kier alpha value is -1.62. The monoisotopic (exact) mass is 282 g/mol. The number of ether oxygens (including phenoxy) is 1. The highest BCUT2D eigenvalue weighted by Crippen LogP contribution is 2.27. The summed E-state index contributed by atoms with van der Waals surface area (Å²) < 4.78 is 4.99. The molecule has 1 rings (SSSR count). The maximum absolute atomic E-state index is 11.2. The number of hydrogen-bond acceptors (Lipinski definition) is 4. The molecule has 0 aromatic carbocycles. The average molecular weight is 282 g/mol. The van der Waals surface area contributed by atoms with Gasteiger partial charge in [0.05, 0.1) is 5.92 Å². The van der Waals surface area contributed by atoms with Crippen molar-refractivity contribution < 1.29 is 24.5 Å². The van der Waals surface area contributed by atoms with Crippen molar-refractivity contribution in [2.75, 3.05) is 0 Å². The SMILES string of the molecule is C=C1C[C@H]([C@H](O)C(=C)CC[C@H](C(=O)O)C(C)C)OC1=O. The fraction of sp³-hybridized carbons (Fsp3) is 0.600. The number of carbonyl (C=O) groups excluding carboxylic acids is 1. The summed E-state index contributed by atoms with van der Waals surface area (Å²) in [5.41, 5.74) is 0.830. The number of rotatable bonds is 7. The highest BCUT2D eigenvalue weighted by Gasteiger charge is 2.34. The first-order valence-electron chi connectivity index (χ1n) is 6.71. The molecule has 0 aromatic heterocycles. The fourth-order valence-electron chi connectivity index (χ4n) is 2.26. The van der Waals surface area contributed by atoms with Crippen LogP contribution in [0.15, 0.2) is 24.3 Å². The number of carboxylic acid groups (broad SMARTS) is 1. The zero-order valence-electron chi connectivity index (χ0n) is 12.0. The normalized spacial score (nSPS) is 21.7. The highest BCUT2D eigenvalue weighted by molar-refractivity contribution is 5.90. The van der Waals surface area contributed by atoms with Crippen LogP contribution in [0.3, 0.4) is 0 Å². The minimum Gasteiger partial charge on any atom is -0.481 e. The fourth-order valence-corrected chi connectivity index (χ4v) is 2.26. The molecule has 20 heavy (non-hydrogen) atoms. The second-order valence-electron chi connectivity index (χ2n) is 5.58. The minimum atomic E-state index is -0.972. The molecule has 0 unspecified atom stereocenters. The van der Waals surface area contributed by atoms with Crippen LogP contribution in [0.5, 0.6) is 0 Å². The molecular weight excluding hydrogens is 260 g/mol. The zero-order chi connectivity index (χ0) is 15.4. The summed E-state index contributed by atoms with van der Waals surface area (Å²) in [4.78, 5) is 22.3. The van der Waals surface area contributed by atoms with E-state index in [1.807, 2.05) is 13.8 Å². The Morgan fingerprint density at radius 3 is 2.50 bits per heavy atom. The van der Waals surface area contributed by atoms with Gasteiger partial charge in [0.25, 0.3) is 0 Å². The van der Waals surface area contributed by atoms with E-state index in [9.17, 15) is 14.7 Å². The number of carbonyl (C=O) groups is 2. The van der Waals surface area contributed by atoms with Crippen LogP contribution in [-0.2, 0) is 14.3 Å². The Kier molecular flexibility index (Phi) is 5.51. The van der Waals surface area contributed by atoms with Crippen LogP contribution in [0, 0.1) is 11.8 Å². The molecule has 0 aromatic rings. The van der Waals surface area contributed by atoms with Gasteiger partial charge >= 0.3 is 11.9 Å². The molecule has 1 heterocycles. The van der Waals surface area contributed by atoms with Crippen LogP contribution >= 0.6 is 0 Å². The molecule has 0 spiro atoms.